The van der Waals surface area contributed by atoms with Gasteiger partial charge in [-0.25, -0.2) is 4.98 Å². The van der Waals surface area contributed by atoms with Crippen LogP contribution in [-0.4, -0.2) is 48.2 Å². The summed E-state index contributed by atoms with van der Waals surface area (Å²) in [5.41, 5.74) is 2.84. The summed E-state index contributed by atoms with van der Waals surface area (Å²) in [5, 5.41) is 11.0. The summed E-state index contributed by atoms with van der Waals surface area (Å²) in [6, 6.07) is 7.74. The summed E-state index contributed by atoms with van der Waals surface area (Å²) in [4.78, 5) is 9.18. The van der Waals surface area contributed by atoms with E-state index in [1.807, 2.05) is 19.1 Å². The van der Waals surface area contributed by atoms with Crippen LogP contribution in [0.15, 0.2) is 24.3 Å². The number of anilines is 1. The molecule has 0 unspecified atom stereocenters. The van der Waals surface area contributed by atoms with E-state index in [-0.39, 0.29) is 5.75 Å². The van der Waals surface area contributed by atoms with Crippen molar-refractivity contribution in [1.29, 1.82) is 0 Å². The Hall–Kier alpha value is -1.81. The fraction of sp³-hybridized carbons (Fsp3) is 0.400. The second kappa shape index (κ2) is 4.70. The van der Waals surface area contributed by atoms with Crippen LogP contribution in [0.5, 0.6) is 5.75 Å². The fourth-order valence-electron chi connectivity index (χ4n) is 2.65. The molecule has 2 aromatic rings. The quantitative estimate of drug-likeness (QED) is 0.848. The normalized spacial score (nSPS) is 17.1. The van der Waals surface area contributed by atoms with E-state index >= 15 is 0 Å². The molecule has 0 aliphatic carbocycles. The maximum atomic E-state index is 9.97. The lowest BCUT2D eigenvalue weighted by molar-refractivity contribution is 0.313. The number of rotatable bonds is 1. The first kappa shape index (κ1) is 12.2. The molecule has 4 heteroatoms. The van der Waals surface area contributed by atoms with Crippen molar-refractivity contribution in [3.63, 3.8) is 0 Å². The van der Waals surface area contributed by atoms with E-state index in [1.165, 1.54) is 5.69 Å². The molecule has 1 saturated heterocycles. The number of nitrogens with zero attached hydrogens (tertiary/aromatic N) is 3. The van der Waals surface area contributed by atoms with Crippen molar-refractivity contribution in [2.75, 3.05) is 38.1 Å². The zero-order valence-corrected chi connectivity index (χ0v) is 11.4. The van der Waals surface area contributed by atoms with Crippen molar-refractivity contribution < 1.29 is 5.11 Å². The van der Waals surface area contributed by atoms with Crippen LogP contribution in [-0.2, 0) is 0 Å². The van der Waals surface area contributed by atoms with Gasteiger partial charge in [0.25, 0.3) is 0 Å². The first-order valence-electron chi connectivity index (χ1n) is 6.68. The number of aryl methyl sites for hydroxylation is 1. The third-order valence-electron chi connectivity index (χ3n) is 3.77. The standard InChI is InChI=1S/C15H19N3O/c1-11-10-13(18-8-6-17(2)7-9-18)12-4-3-5-14(19)15(12)16-11/h3-5,10,19H,6-9H2,1-2H3. The molecule has 1 fully saturated rings. The molecule has 0 bridgehead atoms. The van der Waals surface area contributed by atoms with E-state index in [9.17, 15) is 5.11 Å². The van der Waals surface area contributed by atoms with Gasteiger partial charge in [0.15, 0.2) is 0 Å². The molecule has 1 aromatic heterocycles. The van der Waals surface area contributed by atoms with Crippen molar-refractivity contribution in [2.45, 2.75) is 6.92 Å². The lowest BCUT2D eigenvalue weighted by Gasteiger charge is -2.34. The van der Waals surface area contributed by atoms with Crippen LogP contribution in [0.25, 0.3) is 10.9 Å². The van der Waals surface area contributed by atoms with Crippen molar-refractivity contribution in [3.8, 4) is 5.75 Å². The molecule has 2 heterocycles. The number of aromatic hydroxyl groups is 1. The number of benzene rings is 1. The molecule has 1 N–H and O–H groups in total. The summed E-state index contributed by atoms with van der Waals surface area (Å²) in [5.74, 6) is 0.261. The highest BCUT2D eigenvalue weighted by molar-refractivity contribution is 5.95. The summed E-state index contributed by atoms with van der Waals surface area (Å²) < 4.78 is 0. The molecule has 0 spiro atoms. The highest BCUT2D eigenvalue weighted by atomic mass is 16.3. The van der Waals surface area contributed by atoms with Gasteiger partial charge in [0.2, 0.25) is 0 Å². The van der Waals surface area contributed by atoms with Gasteiger partial charge in [-0.15, -0.1) is 0 Å². The van der Waals surface area contributed by atoms with E-state index in [4.69, 9.17) is 0 Å². The number of hydrogen-bond acceptors (Lipinski definition) is 4. The lowest BCUT2D eigenvalue weighted by Crippen LogP contribution is -2.44. The molecule has 0 saturated carbocycles. The molecule has 1 aliphatic heterocycles. The molecular formula is C15H19N3O. The van der Waals surface area contributed by atoms with E-state index in [0.717, 1.165) is 37.3 Å². The molecule has 0 atom stereocenters. The molecular weight excluding hydrogens is 238 g/mol. The zero-order valence-electron chi connectivity index (χ0n) is 11.4. The Morgan fingerprint density at radius 3 is 2.63 bits per heavy atom. The van der Waals surface area contributed by atoms with Gasteiger partial charge in [-0.1, -0.05) is 12.1 Å². The molecule has 1 aromatic carbocycles. The second-order valence-electron chi connectivity index (χ2n) is 5.25. The lowest BCUT2D eigenvalue weighted by atomic mass is 10.1. The summed E-state index contributed by atoms with van der Waals surface area (Å²) in [6.45, 7) is 6.16. The SMILES string of the molecule is Cc1cc(N2CCN(C)CC2)c2cccc(O)c2n1. The van der Waals surface area contributed by atoms with Crippen molar-refractivity contribution in [3.05, 3.63) is 30.0 Å². The maximum Gasteiger partial charge on any atom is 0.141 e. The molecule has 3 rings (SSSR count). The van der Waals surface area contributed by atoms with Crippen molar-refractivity contribution in [2.24, 2.45) is 0 Å². The first-order chi connectivity index (χ1) is 9.15. The number of likely N-dealkylation sites (N-methyl/N-ethyl adjacent to an activating group) is 1. The monoisotopic (exact) mass is 257 g/mol. The molecule has 1 aliphatic rings. The second-order valence-corrected chi connectivity index (χ2v) is 5.25. The van der Waals surface area contributed by atoms with Crippen LogP contribution < -0.4 is 4.90 Å². The van der Waals surface area contributed by atoms with Crippen LogP contribution >= 0.6 is 0 Å². The molecule has 0 amide bonds. The average Bonchev–Trinajstić information content (AvgIpc) is 2.40. The Morgan fingerprint density at radius 2 is 1.89 bits per heavy atom. The third-order valence-corrected chi connectivity index (χ3v) is 3.77. The number of phenolic OH excluding ortho intramolecular Hbond substituents is 1. The fourth-order valence-corrected chi connectivity index (χ4v) is 2.65. The summed E-state index contributed by atoms with van der Waals surface area (Å²) in [7, 11) is 2.15. The largest absolute Gasteiger partial charge is 0.506 e. The van der Waals surface area contributed by atoms with Gasteiger partial charge in [0.05, 0.1) is 0 Å². The predicted octanol–water partition coefficient (Wildman–Crippen LogP) is 2.00. The number of para-hydroxylation sites is 1. The Morgan fingerprint density at radius 1 is 1.16 bits per heavy atom. The minimum absolute atomic E-state index is 0.261. The number of piperazine rings is 1. The molecule has 100 valence electrons. The van der Waals surface area contributed by atoms with Crippen LogP contribution in [0.1, 0.15) is 5.69 Å². The Labute approximate surface area is 113 Å². The van der Waals surface area contributed by atoms with Gasteiger partial charge >= 0.3 is 0 Å². The number of fused-ring (bicyclic) bond motifs is 1. The number of pyridine rings is 1. The minimum atomic E-state index is 0.261. The molecule has 4 nitrogen and oxygen atoms in total. The van der Waals surface area contributed by atoms with E-state index in [0.29, 0.717) is 5.52 Å². The number of phenols is 1. The van der Waals surface area contributed by atoms with Crippen LogP contribution in [0.3, 0.4) is 0 Å². The Bertz CT molecular complexity index is 604. The van der Waals surface area contributed by atoms with Crippen LogP contribution in [0.2, 0.25) is 0 Å². The maximum absolute atomic E-state index is 9.97. The van der Waals surface area contributed by atoms with E-state index in [1.54, 1.807) is 6.07 Å². The Kier molecular flexibility index (Phi) is 3.03. The highest BCUT2D eigenvalue weighted by Gasteiger charge is 2.17. The minimum Gasteiger partial charge on any atom is -0.506 e. The topological polar surface area (TPSA) is 39.6 Å². The Balaban J connectivity index is 2.10. The van der Waals surface area contributed by atoms with Crippen molar-refractivity contribution in [1.82, 2.24) is 9.88 Å². The van der Waals surface area contributed by atoms with Crippen LogP contribution in [0, 0.1) is 6.92 Å². The highest BCUT2D eigenvalue weighted by Crippen LogP contribution is 2.31. The third kappa shape index (κ3) is 2.24. The van der Waals surface area contributed by atoms with Gasteiger partial charge in [-0.2, -0.15) is 0 Å². The summed E-state index contributed by atoms with van der Waals surface area (Å²) >= 11 is 0. The van der Waals surface area contributed by atoms with Gasteiger partial charge < -0.3 is 14.9 Å². The molecule has 19 heavy (non-hydrogen) atoms. The van der Waals surface area contributed by atoms with Gasteiger partial charge in [0, 0.05) is 42.9 Å². The number of aromatic nitrogens is 1. The molecule has 0 radical (unpaired) electrons. The van der Waals surface area contributed by atoms with E-state index < -0.39 is 0 Å². The predicted molar refractivity (Wildman–Crippen MR) is 77.9 cm³/mol. The van der Waals surface area contributed by atoms with Gasteiger partial charge in [-0.05, 0) is 26.1 Å². The average molecular weight is 257 g/mol. The zero-order chi connectivity index (χ0) is 13.4. The first-order valence-corrected chi connectivity index (χ1v) is 6.68. The van der Waals surface area contributed by atoms with Crippen molar-refractivity contribution >= 4 is 16.6 Å². The summed E-state index contributed by atoms with van der Waals surface area (Å²) in [6.07, 6.45) is 0. The van der Waals surface area contributed by atoms with Gasteiger partial charge in [-0.3, -0.25) is 0 Å². The number of hydrogen-bond donors (Lipinski definition) is 1. The smallest absolute Gasteiger partial charge is 0.141 e. The van der Waals surface area contributed by atoms with Gasteiger partial charge in [0.1, 0.15) is 11.3 Å². The van der Waals surface area contributed by atoms with Crippen LogP contribution in [0.4, 0.5) is 5.69 Å². The van der Waals surface area contributed by atoms with E-state index in [2.05, 4.69) is 27.9 Å².